The van der Waals surface area contributed by atoms with Gasteiger partial charge in [0, 0.05) is 145 Å². The van der Waals surface area contributed by atoms with Gasteiger partial charge in [-0.05, 0) is 196 Å². The molecular formula is C86H172BO22+. The molecule has 0 amide bonds. The number of aliphatic hydroxyl groups is 1. The Balaban J connectivity index is -0.000000148. The van der Waals surface area contributed by atoms with Crippen LogP contribution in [0.5, 0.6) is 0 Å². The molecule has 0 aromatic heterocycles. The van der Waals surface area contributed by atoms with Crippen LogP contribution < -0.4 is 0 Å². The van der Waals surface area contributed by atoms with Crippen molar-refractivity contribution in [1.82, 2.24) is 0 Å². The minimum atomic E-state index is -0.0817. The summed E-state index contributed by atoms with van der Waals surface area (Å²) in [6.07, 6.45) is 29.0. The Morgan fingerprint density at radius 3 is 1.16 bits per heavy atom. The molecule has 109 heavy (non-hydrogen) atoms. The second-order valence-corrected chi connectivity index (χ2v) is 30.3. The quantitative estimate of drug-likeness (QED) is 0.0152. The number of aldehydes is 1. The van der Waals surface area contributed by atoms with E-state index in [9.17, 15) is 38.4 Å². The normalized spacial score (nSPS) is 16.4. The van der Waals surface area contributed by atoms with Gasteiger partial charge in [0.1, 0.15) is 29.6 Å². The van der Waals surface area contributed by atoms with Gasteiger partial charge in [0.05, 0.1) is 46.2 Å². The third kappa shape index (κ3) is 102. The average molecular weight is 1570 g/mol. The van der Waals surface area contributed by atoms with Crippen LogP contribution in [0.3, 0.4) is 0 Å². The fourth-order valence-electron chi connectivity index (χ4n) is 10.6. The first-order valence-electron chi connectivity index (χ1n) is 41.2. The Morgan fingerprint density at radius 1 is 0.477 bits per heavy atom. The van der Waals surface area contributed by atoms with Crippen molar-refractivity contribution in [3.63, 3.8) is 0 Å². The molecule has 4 aliphatic heterocycles. The van der Waals surface area contributed by atoms with E-state index < -0.39 is 0 Å². The number of hydrogen-bond acceptors (Lipinski definition) is 21. The van der Waals surface area contributed by atoms with Gasteiger partial charge in [0.2, 0.25) is 0 Å². The molecule has 5 atom stereocenters. The molecule has 4 rings (SSSR count). The van der Waals surface area contributed by atoms with Crippen LogP contribution >= 0.6 is 0 Å². The van der Waals surface area contributed by atoms with Crippen molar-refractivity contribution in [2.24, 2.45) is 45.8 Å². The molecule has 4 aliphatic rings. The number of Topliss-reactive ketones (excluding diaryl/α,β-unsaturated/α-hetero) is 4. The molecule has 0 radical (unpaired) electrons. The molecule has 0 spiro atoms. The molecule has 0 bridgehead atoms. The van der Waals surface area contributed by atoms with Crippen LogP contribution in [0.1, 0.15) is 325 Å². The van der Waals surface area contributed by atoms with Crippen molar-refractivity contribution in [2.75, 3.05) is 135 Å². The van der Waals surface area contributed by atoms with Gasteiger partial charge in [-0.1, -0.05) is 117 Å². The molecule has 22 nitrogen and oxygen atoms in total. The number of carbonyl (C=O) groups is 8. The first-order chi connectivity index (χ1) is 51.6. The number of carbonyl (C=O) groups excluding carboxylic acids is 9. The number of hydrogen-bond donors (Lipinski definition) is 1. The fourth-order valence-corrected chi connectivity index (χ4v) is 10.6. The maximum absolute atomic E-state index is 11.1. The standard InChI is InChI=1S/C12H18O4.2C12H24O2.C10H17O2.2C8H16O2.C6H10O2.2C6H14O2.C3H8O.C2H6.CH4.BHO/c13-11-3-1-9(5-7-15-11)10-2-4-12(14)16-8-6-10;2*1-10(13)6-7-11(8-9-14-5)12(2,3)4;1-10(2,3)8-4-5-9(11)12-7-6-8;2*1-8(9)6-4-3-5-7-10-2;7-6-4-2-1-3-5-8-6;2*1-3-4-8-6-5-7-2;1-2-3-4;1-2;;1-2/h9-10H,1-8H2;2*11H,6-9H2,1-5H3;7-8H,4-6H2,1-3H3;2*3-7H2,1-2H3;1-5H2;2*3-6H2,1-2H3;4H,2-3H2,1H3;1-2H3;1H4;1H/q;;;+1;;;;;;;;;/i;;;;;;;;;;;;1D. The minimum absolute atomic E-state index is 0. The van der Waals surface area contributed by atoms with Crippen LogP contribution in [-0.4, -0.2) is 203 Å². The monoisotopic (exact) mass is 1570 g/mol. The Hall–Kier alpha value is -4.07. The number of aliphatic hydroxyl groups excluding tert-OH is 1. The molecule has 0 aliphatic carbocycles. The molecule has 23 heteroatoms. The summed E-state index contributed by atoms with van der Waals surface area (Å²) in [5.41, 5.74) is 0.826. The predicted octanol–water partition coefficient (Wildman–Crippen LogP) is 17.9. The van der Waals surface area contributed by atoms with E-state index in [0.717, 1.165) is 207 Å². The van der Waals surface area contributed by atoms with Gasteiger partial charge in [-0.3, -0.25) is 18.8 Å². The van der Waals surface area contributed by atoms with Crippen molar-refractivity contribution in [3.05, 3.63) is 0 Å². The molecule has 5 unspecified atom stereocenters. The van der Waals surface area contributed by atoms with Gasteiger partial charge in [-0.2, -0.15) is 0 Å². The van der Waals surface area contributed by atoms with Gasteiger partial charge in [0.15, 0.2) is 6.29 Å². The first-order valence-corrected chi connectivity index (χ1v) is 40.6. The van der Waals surface area contributed by atoms with E-state index in [-0.39, 0.29) is 78.4 Å². The summed E-state index contributed by atoms with van der Waals surface area (Å²) in [7, 11) is 10.2. The molecule has 3 fully saturated rings. The Kier molecular flexibility index (Phi) is 101. The molecule has 4 heterocycles. The summed E-state index contributed by atoms with van der Waals surface area (Å²) in [4.78, 5) is 86.3. The average Bonchev–Trinajstić information content (AvgIpc) is 1.67. The zero-order valence-corrected chi connectivity index (χ0v) is 73.7. The molecule has 1 N–H and O–H groups in total. The van der Waals surface area contributed by atoms with E-state index in [1.807, 2.05) is 20.8 Å². The summed E-state index contributed by atoms with van der Waals surface area (Å²) in [6.45, 7) is 46.5. The van der Waals surface area contributed by atoms with Crippen LogP contribution in [-0.2, 0) is 99.6 Å². The molecular weight excluding hydrogens is 1400 g/mol. The van der Waals surface area contributed by atoms with Gasteiger partial charge in [-0.25, -0.2) is 0 Å². The molecule has 0 aromatic carbocycles. The molecule has 0 aromatic rings. The number of methoxy groups -OCH3 is 6. The number of ketones is 4. The number of unbranched alkanes of at least 4 members (excludes halogenated alkanes) is 4. The Bertz CT molecular complexity index is 1970. The van der Waals surface area contributed by atoms with Gasteiger partial charge < -0.3 is 76.4 Å². The van der Waals surface area contributed by atoms with E-state index in [0.29, 0.717) is 108 Å². The second kappa shape index (κ2) is 91.1. The van der Waals surface area contributed by atoms with E-state index in [2.05, 4.69) is 76.2 Å². The van der Waals surface area contributed by atoms with Crippen molar-refractivity contribution in [3.8, 4) is 0 Å². The summed E-state index contributed by atoms with van der Waals surface area (Å²) in [6, 6.07) is 0. The zero-order chi connectivity index (χ0) is 85.0. The third-order valence-electron chi connectivity index (χ3n) is 17.4. The maximum atomic E-state index is 11.1. The summed E-state index contributed by atoms with van der Waals surface area (Å²) in [5.74, 6) is 3.64. The Morgan fingerprint density at radius 2 is 0.835 bits per heavy atom. The van der Waals surface area contributed by atoms with Crippen LogP contribution in [0, 0.1) is 45.8 Å². The number of rotatable bonds is 36. The van der Waals surface area contributed by atoms with Crippen molar-refractivity contribution in [1.29, 1.82) is 1.34 Å². The van der Waals surface area contributed by atoms with Crippen LogP contribution in [0.25, 0.3) is 0 Å². The predicted molar refractivity (Wildman–Crippen MR) is 444 cm³/mol. The SMILES string of the molecule is C.CC.CC(C)(C)C1CC=[O+]C(=O)CC1.CCCO.CCCOCCOC.CCCOCCOC.COCCC(CCC(C)=O)C(C)(C)C.COCCC(CCC(C)=O)C(C)(C)C.COCCCCCC(C)=O.COCCCCCC(C)=O.O=C1CCC(C2CCOC(=O)CC2)CCO1.O=C1CCCCCO1.[2H]B=O. The summed E-state index contributed by atoms with van der Waals surface area (Å²) < 4.78 is 73.3. The van der Waals surface area contributed by atoms with E-state index in [1.165, 1.54) is 0 Å². The van der Waals surface area contributed by atoms with E-state index in [4.69, 9.17) is 67.7 Å². The summed E-state index contributed by atoms with van der Waals surface area (Å²) >= 11 is 0. The van der Waals surface area contributed by atoms with Crippen LogP contribution in [0.2, 0.25) is 0 Å². The van der Waals surface area contributed by atoms with E-state index >= 15 is 0 Å². The zero-order valence-electron chi connectivity index (χ0n) is 74.7. The topological polar surface area (TPSA) is 287 Å². The van der Waals surface area contributed by atoms with Crippen molar-refractivity contribution < 1.29 is 105 Å². The molecule has 0 saturated carbocycles. The van der Waals surface area contributed by atoms with Gasteiger partial charge in [-0.15, -0.1) is 0 Å². The van der Waals surface area contributed by atoms with Crippen molar-refractivity contribution >= 4 is 61.0 Å². The fraction of sp³-hybridized carbons (Fsp3) is 0.895. The van der Waals surface area contributed by atoms with Crippen LogP contribution in [0.4, 0.5) is 0 Å². The third-order valence-corrected chi connectivity index (χ3v) is 17.4. The van der Waals surface area contributed by atoms with Gasteiger partial charge >= 0.3 is 37.6 Å². The number of esters is 3. The number of ether oxygens (including phenoxy) is 11. The Labute approximate surface area is 669 Å². The second-order valence-electron chi connectivity index (χ2n) is 30.3. The molecule has 650 valence electrons. The van der Waals surface area contributed by atoms with E-state index in [1.54, 1.807) is 76.6 Å². The number of cyclic esters (lactones) is 3. The van der Waals surface area contributed by atoms with Gasteiger partial charge in [0.25, 0.3) is 0 Å². The molecule has 3 saturated heterocycles. The first kappa shape index (κ1) is 121. The van der Waals surface area contributed by atoms with Crippen molar-refractivity contribution in [2.45, 2.75) is 325 Å². The summed E-state index contributed by atoms with van der Waals surface area (Å²) in [5, 5.41) is 7.88. The van der Waals surface area contributed by atoms with Crippen LogP contribution in [0.15, 0.2) is 0 Å².